The maximum Gasteiger partial charge on any atom is 0.325 e. The van der Waals surface area contributed by atoms with Crippen molar-refractivity contribution in [3.8, 4) is 0 Å². The minimum absolute atomic E-state index is 0.0484. The van der Waals surface area contributed by atoms with Crippen molar-refractivity contribution >= 4 is 11.9 Å². The standard InChI is InChI=1S/C15H28N2O3/c1-5-9-17(11-13(18)20-4)14(19)15(2,3)12-7-6-8-16-10-12/h12,16H,5-11H2,1-4H3. The fraction of sp³-hybridized carbons (Fsp3) is 0.867. The van der Waals surface area contributed by atoms with Gasteiger partial charge in [0.1, 0.15) is 6.54 Å². The number of esters is 1. The molecule has 0 aromatic carbocycles. The molecule has 5 heteroatoms. The van der Waals surface area contributed by atoms with Crippen molar-refractivity contribution in [2.24, 2.45) is 11.3 Å². The van der Waals surface area contributed by atoms with Gasteiger partial charge in [0.05, 0.1) is 7.11 Å². The Labute approximate surface area is 122 Å². The Hall–Kier alpha value is -1.10. The van der Waals surface area contributed by atoms with E-state index in [0.29, 0.717) is 12.5 Å². The molecular weight excluding hydrogens is 256 g/mol. The molecule has 1 aliphatic heterocycles. The van der Waals surface area contributed by atoms with E-state index in [-0.39, 0.29) is 18.4 Å². The quantitative estimate of drug-likeness (QED) is 0.750. The lowest BCUT2D eigenvalue weighted by molar-refractivity contribution is -0.152. The Bertz CT molecular complexity index is 336. The van der Waals surface area contributed by atoms with Gasteiger partial charge >= 0.3 is 5.97 Å². The van der Waals surface area contributed by atoms with E-state index in [2.05, 4.69) is 5.32 Å². The van der Waals surface area contributed by atoms with Gasteiger partial charge < -0.3 is 15.0 Å². The summed E-state index contributed by atoms with van der Waals surface area (Å²) < 4.78 is 4.69. The number of carbonyl (C=O) groups excluding carboxylic acids is 2. The van der Waals surface area contributed by atoms with E-state index < -0.39 is 5.41 Å². The number of hydrogen-bond acceptors (Lipinski definition) is 4. The molecule has 0 aliphatic carbocycles. The fourth-order valence-corrected chi connectivity index (χ4v) is 2.79. The average molecular weight is 284 g/mol. The molecule has 1 atom stereocenters. The summed E-state index contributed by atoms with van der Waals surface area (Å²) in [6, 6.07) is 0. The summed E-state index contributed by atoms with van der Waals surface area (Å²) in [6.45, 7) is 8.54. The van der Waals surface area contributed by atoms with Gasteiger partial charge in [0.25, 0.3) is 0 Å². The minimum Gasteiger partial charge on any atom is -0.468 e. The zero-order valence-electron chi connectivity index (χ0n) is 13.2. The lowest BCUT2D eigenvalue weighted by Gasteiger charge is -2.39. The number of ether oxygens (including phenoxy) is 1. The number of carbonyl (C=O) groups is 2. The normalized spacial score (nSPS) is 19.5. The summed E-state index contributed by atoms with van der Waals surface area (Å²) in [5, 5.41) is 3.36. The molecule has 1 unspecified atom stereocenters. The highest BCUT2D eigenvalue weighted by atomic mass is 16.5. The Morgan fingerprint density at radius 1 is 1.40 bits per heavy atom. The largest absolute Gasteiger partial charge is 0.468 e. The van der Waals surface area contributed by atoms with Crippen LogP contribution >= 0.6 is 0 Å². The first-order valence-corrected chi connectivity index (χ1v) is 7.50. The third kappa shape index (κ3) is 4.20. The average Bonchev–Trinajstić information content (AvgIpc) is 2.46. The molecule has 116 valence electrons. The zero-order chi connectivity index (χ0) is 15.2. The third-order valence-corrected chi connectivity index (χ3v) is 4.20. The van der Waals surface area contributed by atoms with Gasteiger partial charge in [-0.3, -0.25) is 9.59 Å². The molecule has 1 heterocycles. The first-order valence-electron chi connectivity index (χ1n) is 7.50. The smallest absolute Gasteiger partial charge is 0.325 e. The van der Waals surface area contributed by atoms with Crippen molar-refractivity contribution in [3.63, 3.8) is 0 Å². The molecule has 1 saturated heterocycles. The van der Waals surface area contributed by atoms with Crippen LogP contribution in [0.5, 0.6) is 0 Å². The molecule has 0 aromatic rings. The van der Waals surface area contributed by atoms with Crippen LogP contribution in [0, 0.1) is 11.3 Å². The minimum atomic E-state index is -0.448. The first kappa shape index (κ1) is 17.0. The molecule has 1 amide bonds. The van der Waals surface area contributed by atoms with Gasteiger partial charge in [0.2, 0.25) is 5.91 Å². The lowest BCUT2D eigenvalue weighted by Crippen LogP contribution is -2.50. The maximum absolute atomic E-state index is 12.8. The summed E-state index contributed by atoms with van der Waals surface area (Å²) in [6.07, 6.45) is 3.00. The third-order valence-electron chi connectivity index (χ3n) is 4.20. The topological polar surface area (TPSA) is 58.6 Å². The molecule has 1 N–H and O–H groups in total. The number of rotatable bonds is 6. The molecule has 0 saturated carbocycles. The molecule has 1 aliphatic rings. The van der Waals surface area contributed by atoms with E-state index in [1.165, 1.54) is 7.11 Å². The second kappa shape index (κ2) is 7.62. The second-order valence-electron chi connectivity index (χ2n) is 6.07. The Morgan fingerprint density at radius 2 is 2.10 bits per heavy atom. The number of nitrogens with one attached hydrogen (secondary N) is 1. The van der Waals surface area contributed by atoms with E-state index in [9.17, 15) is 9.59 Å². The van der Waals surface area contributed by atoms with Crippen molar-refractivity contribution < 1.29 is 14.3 Å². The summed E-state index contributed by atoms with van der Waals surface area (Å²) in [4.78, 5) is 25.9. The molecule has 0 bridgehead atoms. The van der Waals surface area contributed by atoms with Crippen LogP contribution in [0.2, 0.25) is 0 Å². The van der Waals surface area contributed by atoms with Crippen molar-refractivity contribution in [2.75, 3.05) is 33.3 Å². The number of methoxy groups -OCH3 is 1. The van der Waals surface area contributed by atoms with Gasteiger partial charge in [0.15, 0.2) is 0 Å². The highest BCUT2D eigenvalue weighted by Crippen LogP contribution is 2.33. The molecule has 0 radical (unpaired) electrons. The second-order valence-corrected chi connectivity index (χ2v) is 6.07. The first-order chi connectivity index (χ1) is 9.43. The van der Waals surface area contributed by atoms with Crippen LogP contribution in [0.15, 0.2) is 0 Å². The monoisotopic (exact) mass is 284 g/mol. The highest BCUT2D eigenvalue weighted by molar-refractivity contribution is 5.86. The number of amides is 1. The number of nitrogens with zero attached hydrogens (tertiary/aromatic N) is 1. The Kier molecular flexibility index (Phi) is 6.46. The zero-order valence-corrected chi connectivity index (χ0v) is 13.2. The predicted molar refractivity (Wildman–Crippen MR) is 78.3 cm³/mol. The molecule has 1 rings (SSSR count). The van der Waals surface area contributed by atoms with Gasteiger partial charge in [-0.2, -0.15) is 0 Å². The van der Waals surface area contributed by atoms with Crippen LogP contribution in [0.3, 0.4) is 0 Å². The summed E-state index contributed by atoms with van der Waals surface area (Å²) >= 11 is 0. The Morgan fingerprint density at radius 3 is 2.60 bits per heavy atom. The van der Waals surface area contributed by atoms with E-state index in [1.807, 2.05) is 20.8 Å². The molecule has 0 spiro atoms. The molecular formula is C15H28N2O3. The van der Waals surface area contributed by atoms with Crippen LogP contribution in [0.4, 0.5) is 0 Å². The predicted octanol–water partition coefficient (Wildman–Crippen LogP) is 1.42. The number of hydrogen-bond donors (Lipinski definition) is 1. The van der Waals surface area contributed by atoms with Crippen LogP contribution in [-0.4, -0.2) is 50.1 Å². The van der Waals surface area contributed by atoms with Gasteiger partial charge in [-0.15, -0.1) is 0 Å². The van der Waals surface area contributed by atoms with Gasteiger partial charge in [-0.25, -0.2) is 0 Å². The molecule has 0 aromatic heterocycles. The van der Waals surface area contributed by atoms with Crippen molar-refractivity contribution in [1.29, 1.82) is 0 Å². The van der Waals surface area contributed by atoms with Gasteiger partial charge in [-0.05, 0) is 38.3 Å². The fourth-order valence-electron chi connectivity index (χ4n) is 2.79. The molecule has 5 nitrogen and oxygen atoms in total. The lowest BCUT2D eigenvalue weighted by atomic mass is 9.74. The van der Waals surface area contributed by atoms with Crippen molar-refractivity contribution in [2.45, 2.75) is 40.0 Å². The highest BCUT2D eigenvalue weighted by Gasteiger charge is 2.40. The van der Waals surface area contributed by atoms with Crippen LogP contribution < -0.4 is 5.32 Å². The van der Waals surface area contributed by atoms with E-state index >= 15 is 0 Å². The molecule has 1 fully saturated rings. The van der Waals surface area contributed by atoms with E-state index in [0.717, 1.165) is 32.4 Å². The molecule has 20 heavy (non-hydrogen) atoms. The van der Waals surface area contributed by atoms with E-state index in [1.54, 1.807) is 4.90 Å². The van der Waals surface area contributed by atoms with E-state index in [4.69, 9.17) is 4.74 Å². The van der Waals surface area contributed by atoms with Crippen LogP contribution in [0.1, 0.15) is 40.0 Å². The van der Waals surface area contributed by atoms with Crippen molar-refractivity contribution in [1.82, 2.24) is 10.2 Å². The Balaban J connectivity index is 2.77. The SMILES string of the molecule is CCCN(CC(=O)OC)C(=O)C(C)(C)C1CCCNC1. The van der Waals surface area contributed by atoms with Gasteiger partial charge in [0, 0.05) is 12.0 Å². The van der Waals surface area contributed by atoms with Crippen molar-refractivity contribution in [3.05, 3.63) is 0 Å². The maximum atomic E-state index is 12.8. The van der Waals surface area contributed by atoms with Crippen LogP contribution in [0.25, 0.3) is 0 Å². The summed E-state index contributed by atoms with van der Waals surface area (Å²) in [7, 11) is 1.35. The summed E-state index contributed by atoms with van der Waals surface area (Å²) in [5.74, 6) is 0.0172. The summed E-state index contributed by atoms with van der Waals surface area (Å²) in [5.41, 5.74) is -0.448. The van der Waals surface area contributed by atoms with Crippen LogP contribution in [-0.2, 0) is 14.3 Å². The van der Waals surface area contributed by atoms with Gasteiger partial charge in [-0.1, -0.05) is 20.8 Å². The number of piperidine rings is 1.